The summed E-state index contributed by atoms with van der Waals surface area (Å²) in [7, 11) is 1.29. The summed E-state index contributed by atoms with van der Waals surface area (Å²) in [6.45, 7) is 4.92. The molecule has 3 fully saturated rings. The van der Waals surface area contributed by atoms with Crippen molar-refractivity contribution in [1.82, 2.24) is 10.6 Å². The highest BCUT2D eigenvalue weighted by atomic mass is 16.7. The van der Waals surface area contributed by atoms with Crippen molar-refractivity contribution in [2.24, 2.45) is 0 Å². The Bertz CT molecular complexity index is 1190. The van der Waals surface area contributed by atoms with E-state index in [4.69, 9.17) is 33.2 Å². The van der Waals surface area contributed by atoms with Gasteiger partial charge in [0.2, 0.25) is 11.8 Å². The maximum absolute atomic E-state index is 13.2. The van der Waals surface area contributed by atoms with Crippen LogP contribution in [0.2, 0.25) is 0 Å². The molecule has 3 aliphatic heterocycles. The van der Waals surface area contributed by atoms with Gasteiger partial charge in [-0.2, -0.15) is 0 Å². The summed E-state index contributed by atoms with van der Waals surface area (Å²) in [4.78, 5) is 36.8. The summed E-state index contributed by atoms with van der Waals surface area (Å²) in [5, 5.41) is 70.1. The molecular weight excluding hydrogens is 752 g/mol. The van der Waals surface area contributed by atoms with Crippen molar-refractivity contribution in [3.63, 3.8) is 0 Å². The van der Waals surface area contributed by atoms with E-state index in [1.807, 2.05) is 0 Å². The van der Waals surface area contributed by atoms with Crippen LogP contribution in [0.25, 0.3) is 0 Å². The van der Waals surface area contributed by atoms with Gasteiger partial charge in [0.15, 0.2) is 25.0 Å². The van der Waals surface area contributed by atoms with Crippen molar-refractivity contribution in [2.75, 3.05) is 20.3 Å². The smallest absolute Gasteiger partial charge is 0.303 e. The summed E-state index contributed by atoms with van der Waals surface area (Å²) < 4.78 is 40.2. The summed E-state index contributed by atoms with van der Waals surface area (Å²) in [6.07, 6.45) is -3.29. The van der Waals surface area contributed by atoms with Crippen LogP contribution in [0.15, 0.2) is 0 Å². The van der Waals surface area contributed by atoms with Gasteiger partial charge in [-0.3, -0.25) is 14.4 Å². The molecule has 0 aromatic rings. The fourth-order valence-electron chi connectivity index (χ4n) is 7.62. The standard InChI is InChI=1S/C39H70N2O16/c1-6-7-8-9-10-11-12-13-14-15-16-17-18-19-27(45)41-29-31(47)30(46)25(20-42)56-38(29)57-35-26(55-37(50)28(32(35)48)40-23(3)43)21-52-39-36(51-5)33(49)34(22(2)53-39)54-24(4)44/h22,25-26,28-39,42,46-50H,6-21H2,1-5H3,(H,40,43)(H,41,45)/t22-,25+,26+,28+,29+,30+,31+,32+,33+,34+,35+,36-,37?,38-,39+/m0/s1. The van der Waals surface area contributed by atoms with Gasteiger partial charge in [0.1, 0.15) is 60.9 Å². The molecule has 8 N–H and O–H groups in total. The molecule has 0 aromatic carbocycles. The zero-order valence-electron chi connectivity index (χ0n) is 34.2. The van der Waals surface area contributed by atoms with E-state index in [0.29, 0.717) is 6.42 Å². The molecule has 0 aromatic heterocycles. The van der Waals surface area contributed by atoms with Crippen molar-refractivity contribution in [3.8, 4) is 0 Å². The second kappa shape index (κ2) is 25.5. The summed E-state index contributed by atoms with van der Waals surface area (Å²) >= 11 is 0. The Morgan fingerprint density at radius 3 is 1.79 bits per heavy atom. The minimum absolute atomic E-state index is 0.125. The molecule has 3 aliphatic rings. The summed E-state index contributed by atoms with van der Waals surface area (Å²) in [5.74, 6) is -1.69. The average Bonchev–Trinajstić information content (AvgIpc) is 3.16. The molecule has 0 radical (unpaired) electrons. The zero-order valence-corrected chi connectivity index (χ0v) is 34.2. The number of aliphatic hydroxyl groups excluding tert-OH is 6. The van der Waals surface area contributed by atoms with Crippen LogP contribution in [0.1, 0.15) is 118 Å². The molecule has 18 heteroatoms. The number of unbranched alkanes of at least 4 members (excludes halogenated alkanes) is 12. The van der Waals surface area contributed by atoms with E-state index in [-0.39, 0.29) is 6.42 Å². The third-order valence-electron chi connectivity index (χ3n) is 10.8. The van der Waals surface area contributed by atoms with Crippen molar-refractivity contribution in [3.05, 3.63) is 0 Å². The van der Waals surface area contributed by atoms with Gasteiger partial charge < -0.3 is 74.4 Å². The van der Waals surface area contributed by atoms with E-state index in [9.17, 15) is 45.0 Å². The number of nitrogens with one attached hydrogen (secondary N) is 2. The topological polar surface area (TPSA) is 261 Å². The van der Waals surface area contributed by atoms with Gasteiger partial charge in [0.05, 0.1) is 19.3 Å². The third-order valence-corrected chi connectivity index (χ3v) is 10.8. The minimum atomic E-state index is -1.76. The Morgan fingerprint density at radius 2 is 1.25 bits per heavy atom. The van der Waals surface area contributed by atoms with Crippen LogP contribution in [0.3, 0.4) is 0 Å². The van der Waals surface area contributed by atoms with Gasteiger partial charge in [-0.1, -0.05) is 84.0 Å². The van der Waals surface area contributed by atoms with E-state index in [0.717, 1.165) is 25.7 Å². The van der Waals surface area contributed by atoms with Crippen molar-refractivity contribution in [1.29, 1.82) is 0 Å². The van der Waals surface area contributed by atoms with Crippen LogP contribution in [0, 0.1) is 0 Å². The maximum atomic E-state index is 13.2. The number of hydrogen-bond acceptors (Lipinski definition) is 16. The first-order valence-electron chi connectivity index (χ1n) is 20.7. The van der Waals surface area contributed by atoms with Gasteiger partial charge in [-0.25, -0.2) is 0 Å². The van der Waals surface area contributed by atoms with E-state index < -0.39 is 123 Å². The molecule has 2 amide bonds. The Morgan fingerprint density at radius 1 is 0.649 bits per heavy atom. The normalized spacial score (nSPS) is 35.7. The first kappa shape index (κ1) is 49.3. The molecule has 332 valence electrons. The second-order valence-corrected chi connectivity index (χ2v) is 15.5. The average molecular weight is 823 g/mol. The maximum Gasteiger partial charge on any atom is 0.303 e. The molecule has 57 heavy (non-hydrogen) atoms. The number of methoxy groups -OCH3 is 1. The van der Waals surface area contributed by atoms with Gasteiger partial charge in [-0.05, 0) is 13.3 Å². The fraction of sp³-hybridized carbons (Fsp3) is 0.923. The van der Waals surface area contributed by atoms with Crippen molar-refractivity contribution in [2.45, 2.75) is 210 Å². The fourth-order valence-corrected chi connectivity index (χ4v) is 7.62. The zero-order chi connectivity index (χ0) is 42.1. The highest BCUT2D eigenvalue weighted by molar-refractivity contribution is 5.76. The Balaban J connectivity index is 1.66. The van der Waals surface area contributed by atoms with Gasteiger partial charge >= 0.3 is 5.97 Å². The number of esters is 1. The van der Waals surface area contributed by atoms with Crippen LogP contribution >= 0.6 is 0 Å². The molecule has 15 atom stereocenters. The molecule has 1 unspecified atom stereocenters. The quantitative estimate of drug-likeness (QED) is 0.0485. The number of amides is 2. The van der Waals surface area contributed by atoms with Crippen LogP contribution in [-0.2, 0) is 47.5 Å². The lowest BCUT2D eigenvalue weighted by atomic mass is 9.94. The number of aliphatic hydroxyl groups is 6. The minimum Gasteiger partial charge on any atom is -0.457 e. The molecule has 3 saturated heterocycles. The van der Waals surface area contributed by atoms with E-state index >= 15 is 0 Å². The predicted octanol–water partition coefficient (Wildman–Crippen LogP) is 0.429. The Labute approximate surface area is 336 Å². The van der Waals surface area contributed by atoms with E-state index in [2.05, 4.69) is 17.6 Å². The molecule has 0 saturated carbocycles. The number of hydrogen-bond donors (Lipinski definition) is 8. The molecule has 0 bridgehead atoms. The lowest BCUT2D eigenvalue weighted by Crippen LogP contribution is -2.69. The highest BCUT2D eigenvalue weighted by Gasteiger charge is 2.53. The van der Waals surface area contributed by atoms with Crippen LogP contribution in [0.4, 0.5) is 0 Å². The molecule has 3 heterocycles. The predicted molar refractivity (Wildman–Crippen MR) is 202 cm³/mol. The molecule has 3 rings (SSSR count). The van der Waals surface area contributed by atoms with Crippen molar-refractivity contribution >= 4 is 17.8 Å². The van der Waals surface area contributed by atoms with Crippen LogP contribution < -0.4 is 10.6 Å². The van der Waals surface area contributed by atoms with E-state index in [1.54, 1.807) is 6.92 Å². The number of carbonyl (C=O) groups is 3. The lowest BCUT2D eigenvalue weighted by molar-refractivity contribution is -0.341. The molecular formula is C39H70N2O16. The van der Waals surface area contributed by atoms with Crippen LogP contribution in [-0.4, -0.2) is 161 Å². The van der Waals surface area contributed by atoms with Crippen LogP contribution in [0.5, 0.6) is 0 Å². The van der Waals surface area contributed by atoms with E-state index in [1.165, 1.54) is 72.3 Å². The lowest BCUT2D eigenvalue weighted by Gasteiger charge is -2.48. The van der Waals surface area contributed by atoms with Gasteiger partial charge in [0, 0.05) is 27.4 Å². The number of ether oxygens (including phenoxy) is 7. The molecule has 0 aliphatic carbocycles. The number of rotatable bonds is 24. The Hall–Kier alpha value is -2.07. The highest BCUT2D eigenvalue weighted by Crippen LogP contribution is 2.31. The second-order valence-electron chi connectivity index (χ2n) is 15.5. The largest absolute Gasteiger partial charge is 0.457 e. The molecule has 18 nitrogen and oxygen atoms in total. The SMILES string of the molecule is CCCCCCCCCCCCCCCC(=O)N[C@H]1[C@H](O[C@H]2[C@H](O)[C@@H](NC(C)=O)C(O)O[C@@H]2CO[C@@H]2O[C@@H](C)[C@@H](OC(C)=O)[C@@H](O)[C@@H]2OC)O[C@H](CO)[C@@H](O)[C@@H]1O. The van der Waals surface area contributed by atoms with Gasteiger partial charge in [0.25, 0.3) is 0 Å². The molecule has 0 spiro atoms. The van der Waals surface area contributed by atoms with Crippen molar-refractivity contribution < 1.29 is 78.2 Å². The first-order chi connectivity index (χ1) is 27.2. The summed E-state index contributed by atoms with van der Waals surface area (Å²) in [6, 6.07) is -2.80. The summed E-state index contributed by atoms with van der Waals surface area (Å²) in [5.41, 5.74) is 0. The first-order valence-corrected chi connectivity index (χ1v) is 20.7. The van der Waals surface area contributed by atoms with Gasteiger partial charge in [-0.15, -0.1) is 0 Å². The third kappa shape index (κ3) is 15.2. The monoisotopic (exact) mass is 822 g/mol. The Kier molecular flexibility index (Phi) is 22.1. The number of carbonyl (C=O) groups excluding carboxylic acids is 3.